The van der Waals surface area contributed by atoms with Crippen molar-refractivity contribution in [2.75, 3.05) is 16.4 Å². The molecule has 0 spiro atoms. The third kappa shape index (κ3) is 5.37. The van der Waals surface area contributed by atoms with Gasteiger partial charge in [-0.05, 0) is 53.7 Å². The lowest BCUT2D eigenvalue weighted by molar-refractivity contribution is -0.113. The highest BCUT2D eigenvalue weighted by atomic mass is 32.2. The van der Waals surface area contributed by atoms with Crippen LogP contribution < -0.4 is 10.6 Å². The molecule has 2 aromatic heterocycles. The fraction of sp³-hybridized carbons (Fsp3) is 0.143. The van der Waals surface area contributed by atoms with E-state index in [-0.39, 0.29) is 17.6 Å². The molecule has 2 aromatic carbocycles. The number of rotatable bonds is 7. The highest BCUT2D eigenvalue weighted by Gasteiger charge is 2.10. The third-order valence-corrected chi connectivity index (χ3v) is 6.19. The van der Waals surface area contributed by atoms with Crippen LogP contribution >= 0.6 is 23.1 Å². The fourth-order valence-electron chi connectivity index (χ4n) is 2.80. The van der Waals surface area contributed by atoms with Crippen molar-refractivity contribution in [2.24, 2.45) is 7.05 Å². The van der Waals surface area contributed by atoms with Gasteiger partial charge in [0.05, 0.1) is 16.5 Å². The summed E-state index contributed by atoms with van der Waals surface area (Å²) in [6.45, 7) is 1.97. The van der Waals surface area contributed by atoms with Crippen LogP contribution in [0.15, 0.2) is 59.1 Å². The predicted molar refractivity (Wildman–Crippen MR) is 125 cm³/mol. The number of aromatic nitrogens is 5. The summed E-state index contributed by atoms with van der Waals surface area (Å²) in [5.41, 5.74) is 3.71. The maximum absolute atomic E-state index is 12.5. The van der Waals surface area contributed by atoms with Crippen LogP contribution in [0.1, 0.15) is 15.4 Å². The second-order valence-corrected chi connectivity index (χ2v) is 8.79. The molecule has 2 heterocycles. The first-order valence-corrected chi connectivity index (χ1v) is 11.4. The molecule has 0 atom stereocenters. The molecule has 0 aliphatic carbocycles. The Hall–Kier alpha value is -3.57. The van der Waals surface area contributed by atoms with Crippen LogP contribution in [0.3, 0.4) is 0 Å². The molecule has 0 fully saturated rings. The first kappa shape index (κ1) is 21.7. The first-order valence-electron chi connectivity index (χ1n) is 9.57. The number of benzene rings is 2. The van der Waals surface area contributed by atoms with Crippen molar-refractivity contribution in [3.63, 3.8) is 0 Å². The van der Waals surface area contributed by atoms with Crippen molar-refractivity contribution in [2.45, 2.75) is 12.1 Å². The largest absolute Gasteiger partial charge is 0.325 e. The Morgan fingerprint density at radius 2 is 1.72 bits per heavy atom. The molecule has 11 heteroatoms. The molecule has 4 rings (SSSR count). The van der Waals surface area contributed by atoms with Crippen LogP contribution in [0.25, 0.3) is 11.3 Å². The van der Waals surface area contributed by atoms with Crippen molar-refractivity contribution in [1.29, 1.82) is 0 Å². The molecule has 0 radical (unpaired) electrons. The summed E-state index contributed by atoms with van der Waals surface area (Å²) < 4.78 is 1.50. The number of anilines is 2. The van der Waals surface area contributed by atoms with Gasteiger partial charge in [0, 0.05) is 34.9 Å². The van der Waals surface area contributed by atoms with Gasteiger partial charge in [-0.15, -0.1) is 16.4 Å². The summed E-state index contributed by atoms with van der Waals surface area (Å²) in [5, 5.41) is 20.3. The average Bonchev–Trinajstić information content (AvgIpc) is 3.41. The van der Waals surface area contributed by atoms with Crippen LogP contribution in [-0.4, -0.2) is 42.8 Å². The van der Waals surface area contributed by atoms with Crippen LogP contribution in [-0.2, 0) is 11.8 Å². The number of thiazole rings is 1. The topological polar surface area (TPSA) is 115 Å². The number of thioether (sulfide) groups is 1. The second-order valence-electron chi connectivity index (χ2n) is 6.78. The molecule has 0 aliphatic rings. The van der Waals surface area contributed by atoms with Crippen LogP contribution in [0, 0.1) is 6.92 Å². The standard InChI is InChI=1S/C21H19N7O2S2/c1-13-22-18(11-31-13)14-3-7-17(8-4-14)24-20(30)15-5-9-16(10-6-15)23-19(29)12-32-21-25-26-27-28(21)2/h3-11H,12H2,1-2H3,(H,23,29)(H,24,30). The lowest BCUT2D eigenvalue weighted by Gasteiger charge is -2.08. The smallest absolute Gasteiger partial charge is 0.255 e. The number of amides is 2. The van der Waals surface area contributed by atoms with Crippen molar-refractivity contribution in [3.8, 4) is 11.3 Å². The summed E-state index contributed by atoms with van der Waals surface area (Å²) >= 11 is 2.84. The quantitative estimate of drug-likeness (QED) is 0.401. The maximum Gasteiger partial charge on any atom is 0.255 e. The monoisotopic (exact) mass is 465 g/mol. The number of carbonyl (C=O) groups excluding carboxylic acids is 2. The number of nitrogens with zero attached hydrogens (tertiary/aromatic N) is 5. The highest BCUT2D eigenvalue weighted by Crippen LogP contribution is 2.23. The maximum atomic E-state index is 12.5. The second kappa shape index (κ2) is 9.71. The van der Waals surface area contributed by atoms with Gasteiger partial charge in [0.15, 0.2) is 0 Å². The Labute approximate surface area is 192 Å². The summed E-state index contributed by atoms with van der Waals surface area (Å²) in [7, 11) is 1.71. The van der Waals surface area contributed by atoms with Crippen LogP contribution in [0.2, 0.25) is 0 Å². The lowest BCUT2D eigenvalue weighted by atomic mass is 10.1. The van der Waals surface area contributed by atoms with Gasteiger partial charge in [0.2, 0.25) is 11.1 Å². The van der Waals surface area contributed by atoms with E-state index in [4.69, 9.17) is 0 Å². The molecule has 0 saturated heterocycles. The first-order chi connectivity index (χ1) is 15.5. The van der Waals surface area contributed by atoms with Gasteiger partial charge in [0.1, 0.15) is 0 Å². The summed E-state index contributed by atoms with van der Waals surface area (Å²) in [5.74, 6) is -0.247. The zero-order chi connectivity index (χ0) is 22.5. The molecular weight excluding hydrogens is 446 g/mol. The van der Waals surface area contributed by atoms with E-state index >= 15 is 0 Å². The molecule has 9 nitrogen and oxygen atoms in total. The molecule has 162 valence electrons. The molecule has 4 aromatic rings. The number of carbonyl (C=O) groups is 2. The predicted octanol–water partition coefficient (Wildman–Crippen LogP) is 3.63. The third-order valence-electron chi connectivity index (χ3n) is 4.40. The zero-order valence-corrected chi connectivity index (χ0v) is 18.9. The summed E-state index contributed by atoms with van der Waals surface area (Å²) in [6, 6.07) is 14.3. The summed E-state index contributed by atoms with van der Waals surface area (Å²) in [6.07, 6.45) is 0. The minimum absolute atomic E-state index is 0.174. The number of hydrogen-bond acceptors (Lipinski definition) is 8. The zero-order valence-electron chi connectivity index (χ0n) is 17.3. The van der Waals surface area contributed by atoms with E-state index in [1.54, 1.807) is 42.6 Å². The van der Waals surface area contributed by atoms with Gasteiger partial charge in [-0.3, -0.25) is 9.59 Å². The van der Waals surface area contributed by atoms with E-state index in [9.17, 15) is 9.59 Å². The van der Waals surface area contributed by atoms with Crippen molar-refractivity contribution >= 4 is 46.3 Å². The number of nitrogens with one attached hydrogen (secondary N) is 2. The van der Waals surface area contributed by atoms with E-state index in [2.05, 4.69) is 31.1 Å². The van der Waals surface area contributed by atoms with Crippen molar-refractivity contribution < 1.29 is 9.59 Å². The average molecular weight is 466 g/mol. The molecule has 0 bridgehead atoms. The molecule has 0 saturated carbocycles. The Morgan fingerprint density at radius 3 is 2.34 bits per heavy atom. The van der Waals surface area contributed by atoms with Gasteiger partial charge in [-0.1, -0.05) is 23.9 Å². The van der Waals surface area contributed by atoms with E-state index in [1.165, 1.54) is 16.4 Å². The number of tetrazole rings is 1. The molecule has 2 N–H and O–H groups in total. The van der Waals surface area contributed by atoms with E-state index in [0.717, 1.165) is 16.3 Å². The van der Waals surface area contributed by atoms with Crippen molar-refractivity contribution in [3.05, 3.63) is 64.5 Å². The van der Waals surface area contributed by atoms with E-state index in [1.807, 2.05) is 36.6 Å². The fourth-order valence-corrected chi connectivity index (χ4v) is 4.07. The molecule has 0 unspecified atom stereocenters. The SMILES string of the molecule is Cc1nc(-c2ccc(NC(=O)c3ccc(NC(=O)CSc4nnnn4C)cc3)cc2)cs1. The Bertz CT molecular complexity index is 1230. The van der Waals surface area contributed by atoms with Crippen LogP contribution in [0.4, 0.5) is 11.4 Å². The van der Waals surface area contributed by atoms with Gasteiger partial charge in [0.25, 0.3) is 5.91 Å². The Kier molecular flexibility index (Phi) is 6.57. The molecule has 2 amide bonds. The van der Waals surface area contributed by atoms with E-state index in [0.29, 0.717) is 22.1 Å². The molecule has 32 heavy (non-hydrogen) atoms. The lowest BCUT2D eigenvalue weighted by Crippen LogP contribution is -2.15. The van der Waals surface area contributed by atoms with Gasteiger partial charge < -0.3 is 10.6 Å². The van der Waals surface area contributed by atoms with Crippen molar-refractivity contribution in [1.82, 2.24) is 25.2 Å². The van der Waals surface area contributed by atoms with Gasteiger partial charge in [-0.2, -0.15) is 0 Å². The Balaban J connectivity index is 1.30. The van der Waals surface area contributed by atoms with Gasteiger partial charge >= 0.3 is 0 Å². The van der Waals surface area contributed by atoms with Crippen LogP contribution in [0.5, 0.6) is 0 Å². The number of aryl methyl sites for hydroxylation is 2. The Morgan fingerprint density at radius 1 is 1.03 bits per heavy atom. The minimum Gasteiger partial charge on any atom is -0.325 e. The molecular formula is C21H19N7O2S2. The summed E-state index contributed by atoms with van der Waals surface area (Å²) in [4.78, 5) is 29.1. The van der Waals surface area contributed by atoms with E-state index < -0.39 is 0 Å². The number of hydrogen-bond donors (Lipinski definition) is 2. The normalized spacial score (nSPS) is 10.7. The molecule has 0 aliphatic heterocycles. The minimum atomic E-state index is -0.231. The highest BCUT2D eigenvalue weighted by molar-refractivity contribution is 7.99. The van der Waals surface area contributed by atoms with Gasteiger partial charge in [-0.25, -0.2) is 9.67 Å².